The van der Waals surface area contributed by atoms with Crippen LogP contribution in [-0.4, -0.2) is 11.9 Å². The van der Waals surface area contributed by atoms with Crippen LogP contribution in [0.2, 0.25) is 0 Å². The van der Waals surface area contributed by atoms with Gasteiger partial charge in [-0.1, -0.05) is 48.0 Å². The molecule has 0 aliphatic carbocycles. The van der Waals surface area contributed by atoms with Crippen molar-refractivity contribution in [1.29, 1.82) is 0 Å². The molecule has 98 valence electrons. The van der Waals surface area contributed by atoms with Gasteiger partial charge in [0.2, 0.25) is 5.90 Å². The minimum absolute atomic E-state index is 0.327. The third-order valence-electron chi connectivity index (χ3n) is 2.99. The fourth-order valence-electron chi connectivity index (χ4n) is 2.02. The number of aryl methyl sites for hydroxylation is 1. The van der Waals surface area contributed by atoms with Gasteiger partial charge in [-0.2, -0.15) is 0 Å². The van der Waals surface area contributed by atoms with Gasteiger partial charge in [-0.25, -0.2) is 9.79 Å². The highest BCUT2D eigenvalue weighted by molar-refractivity contribution is 6.12. The number of aliphatic imine (C=N–C) groups is 1. The van der Waals surface area contributed by atoms with Crippen molar-refractivity contribution in [1.82, 2.24) is 0 Å². The summed E-state index contributed by atoms with van der Waals surface area (Å²) in [4.78, 5) is 16.1. The summed E-state index contributed by atoms with van der Waals surface area (Å²) in [5.41, 5.74) is 3.16. The van der Waals surface area contributed by atoms with Gasteiger partial charge < -0.3 is 4.74 Å². The lowest BCUT2D eigenvalue weighted by molar-refractivity contribution is -0.129. The molecule has 0 amide bonds. The van der Waals surface area contributed by atoms with E-state index in [0.29, 0.717) is 11.6 Å². The summed E-state index contributed by atoms with van der Waals surface area (Å²) in [6.45, 7) is 1.99. The van der Waals surface area contributed by atoms with E-state index in [1.807, 2.05) is 61.5 Å². The van der Waals surface area contributed by atoms with Crippen LogP contribution in [0.5, 0.6) is 0 Å². The number of carbonyl (C=O) groups is 1. The Kier molecular flexibility index (Phi) is 3.17. The minimum atomic E-state index is -0.412. The molecule has 20 heavy (non-hydrogen) atoms. The normalized spacial score (nSPS) is 16.1. The monoisotopic (exact) mass is 263 g/mol. The summed E-state index contributed by atoms with van der Waals surface area (Å²) in [7, 11) is 0. The van der Waals surface area contributed by atoms with Crippen LogP contribution in [0.1, 0.15) is 16.7 Å². The SMILES string of the molecule is Cc1cccc(C2=NC(=Cc3ccccc3)C(=O)O2)c1. The highest BCUT2D eigenvalue weighted by atomic mass is 16.6. The van der Waals surface area contributed by atoms with Gasteiger partial charge in [0.25, 0.3) is 0 Å². The van der Waals surface area contributed by atoms with E-state index in [9.17, 15) is 4.79 Å². The number of nitrogens with zero attached hydrogens (tertiary/aromatic N) is 1. The molecule has 0 spiro atoms. The summed E-state index contributed by atoms with van der Waals surface area (Å²) in [5, 5.41) is 0. The number of esters is 1. The lowest BCUT2D eigenvalue weighted by Crippen LogP contribution is -2.05. The predicted octanol–water partition coefficient (Wildman–Crippen LogP) is 3.34. The van der Waals surface area contributed by atoms with E-state index in [1.165, 1.54) is 0 Å². The molecule has 2 aromatic rings. The Morgan fingerprint density at radius 3 is 2.60 bits per heavy atom. The molecular formula is C17H13NO2. The molecule has 0 bridgehead atoms. The molecule has 0 N–H and O–H groups in total. The van der Waals surface area contributed by atoms with Gasteiger partial charge in [-0.3, -0.25) is 0 Å². The van der Waals surface area contributed by atoms with Crippen molar-refractivity contribution in [2.24, 2.45) is 4.99 Å². The third kappa shape index (κ3) is 2.52. The number of benzene rings is 2. The average Bonchev–Trinajstić information content (AvgIpc) is 2.81. The van der Waals surface area contributed by atoms with Crippen LogP contribution in [0.25, 0.3) is 6.08 Å². The summed E-state index contributed by atoms with van der Waals surface area (Å²) < 4.78 is 5.23. The van der Waals surface area contributed by atoms with Gasteiger partial charge in [0.1, 0.15) is 0 Å². The molecule has 0 saturated heterocycles. The van der Waals surface area contributed by atoms with Crippen LogP contribution in [-0.2, 0) is 9.53 Å². The zero-order valence-electron chi connectivity index (χ0n) is 11.0. The first-order chi connectivity index (χ1) is 9.72. The largest absolute Gasteiger partial charge is 0.402 e. The molecule has 3 heteroatoms. The van der Waals surface area contributed by atoms with Gasteiger partial charge in [-0.05, 0) is 30.7 Å². The van der Waals surface area contributed by atoms with E-state index in [1.54, 1.807) is 6.08 Å². The molecule has 1 aliphatic rings. The fraction of sp³-hybridized carbons (Fsp3) is 0.0588. The fourth-order valence-corrected chi connectivity index (χ4v) is 2.02. The Morgan fingerprint density at radius 1 is 1.05 bits per heavy atom. The van der Waals surface area contributed by atoms with E-state index in [-0.39, 0.29) is 0 Å². The number of hydrogen-bond acceptors (Lipinski definition) is 3. The van der Waals surface area contributed by atoms with Gasteiger partial charge in [0.15, 0.2) is 5.70 Å². The zero-order chi connectivity index (χ0) is 13.9. The molecule has 0 radical (unpaired) electrons. The van der Waals surface area contributed by atoms with Crippen LogP contribution in [0.15, 0.2) is 65.3 Å². The van der Waals surface area contributed by atoms with Crippen molar-refractivity contribution in [3.05, 3.63) is 77.0 Å². The Bertz CT molecular complexity index is 715. The van der Waals surface area contributed by atoms with E-state index >= 15 is 0 Å². The Hall–Kier alpha value is -2.68. The van der Waals surface area contributed by atoms with Crippen LogP contribution >= 0.6 is 0 Å². The first-order valence-electron chi connectivity index (χ1n) is 6.37. The summed E-state index contributed by atoms with van der Waals surface area (Å²) in [5.74, 6) is -0.0498. The predicted molar refractivity (Wildman–Crippen MR) is 78.2 cm³/mol. The number of ether oxygens (including phenoxy) is 1. The van der Waals surface area contributed by atoms with Crippen LogP contribution in [0.4, 0.5) is 0 Å². The molecule has 1 heterocycles. The maximum atomic E-state index is 11.8. The van der Waals surface area contributed by atoms with E-state index in [0.717, 1.165) is 16.7 Å². The van der Waals surface area contributed by atoms with Crippen LogP contribution in [0, 0.1) is 6.92 Å². The Morgan fingerprint density at radius 2 is 1.85 bits per heavy atom. The topological polar surface area (TPSA) is 38.7 Å². The van der Waals surface area contributed by atoms with Crippen LogP contribution < -0.4 is 0 Å². The number of cyclic esters (lactones) is 1. The van der Waals surface area contributed by atoms with Crippen LogP contribution in [0.3, 0.4) is 0 Å². The highest BCUT2D eigenvalue weighted by Gasteiger charge is 2.23. The van der Waals surface area contributed by atoms with E-state index in [4.69, 9.17) is 4.74 Å². The van der Waals surface area contributed by atoms with Crippen molar-refractivity contribution in [2.75, 3.05) is 0 Å². The molecule has 2 aromatic carbocycles. The summed E-state index contributed by atoms with van der Waals surface area (Å²) in [6, 6.07) is 17.3. The van der Waals surface area contributed by atoms with Gasteiger partial charge in [-0.15, -0.1) is 0 Å². The Labute approximate surface area is 117 Å². The van der Waals surface area contributed by atoms with Crippen molar-refractivity contribution in [3.8, 4) is 0 Å². The first-order valence-corrected chi connectivity index (χ1v) is 6.37. The smallest absolute Gasteiger partial charge is 0.363 e. The number of rotatable bonds is 2. The quantitative estimate of drug-likeness (QED) is 0.615. The van der Waals surface area contributed by atoms with Gasteiger partial charge >= 0.3 is 5.97 Å². The van der Waals surface area contributed by atoms with Crippen molar-refractivity contribution in [2.45, 2.75) is 6.92 Å². The number of carbonyl (C=O) groups excluding carboxylic acids is 1. The lowest BCUT2D eigenvalue weighted by atomic mass is 10.1. The molecule has 3 nitrogen and oxygen atoms in total. The maximum Gasteiger partial charge on any atom is 0.363 e. The first kappa shape index (κ1) is 12.4. The second kappa shape index (κ2) is 5.13. The second-order valence-corrected chi connectivity index (χ2v) is 4.62. The zero-order valence-corrected chi connectivity index (χ0v) is 11.0. The molecule has 1 aliphatic heterocycles. The summed E-state index contributed by atoms with van der Waals surface area (Å²) >= 11 is 0. The van der Waals surface area contributed by atoms with E-state index < -0.39 is 5.97 Å². The standard InChI is InChI=1S/C17H13NO2/c1-12-6-5-9-14(10-12)16-18-15(17(19)20-16)11-13-7-3-2-4-8-13/h2-11H,1H3. The lowest BCUT2D eigenvalue weighted by Gasteiger charge is -1.99. The van der Waals surface area contributed by atoms with Gasteiger partial charge in [0, 0.05) is 5.56 Å². The Balaban J connectivity index is 1.95. The molecule has 0 saturated carbocycles. The van der Waals surface area contributed by atoms with Crippen molar-refractivity contribution < 1.29 is 9.53 Å². The van der Waals surface area contributed by atoms with Crippen molar-refractivity contribution in [3.63, 3.8) is 0 Å². The van der Waals surface area contributed by atoms with E-state index in [2.05, 4.69) is 4.99 Å². The van der Waals surface area contributed by atoms with Gasteiger partial charge in [0.05, 0.1) is 0 Å². The highest BCUT2D eigenvalue weighted by Crippen LogP contribution is 2.19. The van der Waals surface area contributed by atoms with Crippen molar-refractivity contribution >= 4 is 17.9 Å². The second-order valence-electron chi connectivity index (χ2n) is 4.62. The third-order valence-corrected chi connectivity index (χ3v) is 2.99. The average molecular weight is 263 g/mol. The molecule has 3 rings (SSSR count). The number of hydrogen-bond donors (Lipinski definition) is 0. The molecule has 0 atom stereocenters. The molecule has 0 fully saturated rings. The maximum absolute atomic E-state index is 11.8. The molecular weight excluding hydrogens is 250 g/mol. The minimum Gasteiger partial charge on any atom is -0.402 e. The molecule has 0 unspecified atom stereocenters. The summed E-state index contributed by atoms with van der Waals surface area (Å²) in [6.07, 6.45) is 1.73. The molecule has 0 aromatic heterocycles.